The highest BCUT2D eigenvalue weighted by Gasteiger charge is 2.47. The van der Waals surface area contributed by atoms with Crippen molar-refractivity contribution in [1.29, 1.82) is 0 Å². The molecule has 1 saturated carbocycles. The predicted molar refractivity (Wildman–Crippen MR) is 140 cm³/mol. The van der Waals surface area contributed by atoms with E-state index in [0.29, 0.717) is 17.5 Å². The number of carbonyl (C=O) groups excluding carboxylic acids is 1. The second-order valence-electron chi connectivity index (χ2n) is 11.2. The van der Waals surface area contributed by atoms with Crippen molar-refractivity contribution in [3.05, 3.63) is 59.0 Å². The Hall–Kier alpha value is -2.99. The second kappa shape index (κ2) is 8.84. The van der Waals surface area contributed by atoms with Gasteiger partial charge in [-0.1, -0.05) is 36.6 Å². The molecule has 7 heteroatoms. The standard InChI is InChI=1S/C29H32ClN3O3/c1-29(2,3)36-28(34)33-24-7-5-4-6-18(24)13-25(33)27-31-15-23(32-27)17-8-10-22-21-11-9-20(30)12-19(21)16-35-26(22)14-17/h8-12,14-15,18,24-25H,4-7,13,16H2,1-3H3,(H,31,32)/t18-,24-,25-/m0/s1. The average Bonchev–Trinajstić information content (AvgIpc) is 3.47. The molecule has 6 rings (SSSR count). The summed E-state index contributed by atoms with van der Waals surface area (Å²) in [4.78, 5) is 23.6. The van der Waals surface area contributed by atoms with Gasteiger partial charge in [0.05, 0.1) is 11.7 Å². The highest BCUT2D eigenvalue weighted by Crippen LogP contribution is 2.47. The van der Waals surface area contributed by atoms with Crippen LogP contribution in [0, 0.1) is 5.92 Å². The van der Waals surface area contributed by atoms with Crippen molar-refractivity contribution in [2.45, 2.75) is 77.2 Å². The van der Waals surface area contributed by atoms with Gasteiger partial charge in [0.25, 0.3) is 0 Å². The molecule has 0 radical (unpaired) electrons. The van der Waals surface area contributed by atoms with Crippen LogP contribution in [0.25, 0.3) is 22.4 Å². The zero-order valence-corrected chi connectivity index (χ0v) is 21.8. The lowest BCUT2D eigenvalue weighted by atomic mass is 9.85. The molecule has 3 heterocycles. The number of H-pyrrole nitrogens is 1. The molecule has 1 aromatic heterocycles. The molecule has 36 heavy (non-hydrogen) atoms. The number of aromatic nitrogens is 2. The molecule has 3 aromatic rings. The fraction of sp³-hybridized carbons (Fsp3) is 0.448. The molecule has 0 unspecified atom stereocenters. The Balaban J connectivity index is 1.29. The van der Waals surface area contributed by atoms with Crippen molar-refractivity contribution in [3.63, 3.8) is 0 Å². The third-order valence-electron chi connectivity index (χ3n) is 7.62. The smallest absolute Gasteiger partial charge is 0.411 e. The van der Waals surface area contributed by atoms with Gasteiger partial charge in [0.1, 0.15) is 23.8 Å². The maximum atomic E-state index is 13.3. The minimum atomic E-state index is -0.532. The molecule has 6 nitrogen and oxygen atoms in total. The normalized spacial score (nSPS) is 22.9. The van der Waals surface area contributed by atoms with E-state index < -0.39 is 5.60 Å². The van der Waals surface area contributed by atoms with Crippen molar-refractivity contribution in [1.82, 2.24) is 14.9 Å². The average molecular weight is 506 g/mol. The van der Waals surface area contributed by atoms with Crippen LogP contribution in [-0.4, -0.2) is 32.6 Å². The van der Waals surface area contributed by atoms with Crippen LogP contribution in [-0.2, 0) is 11.3 Å². The van der Waals surface area contributed by atoms with E-state index in [4.69, 9.17) is 26.1 Å². The maximum Gasteiger partial charge on any atom is 0.411 e. The first-order chi connectivity index (χ1) is 17.3. The molecule has 0 bridgehead atoms. The summed E-state index contributed by atoms with van der Waals surface area (Å²) in [7, 11) is 0. The summed E-state index contributed by atoms with van der Waals surface area (Å²) in [6, 6.07) is 12.3. The van der Waals surface area contributed by atoms with Crippen molar-refractivity contribution in [2.24, 2.45) is 5.92 Å². The number of hydrogen-bond donors (Lipinski definition) is 1. The highest BCUT2D eigenvalue weighted by molar-refractivity contribution is 6.30. The van der Waals surface area contributed by atoms with E-state index in [2.05, 4.69) is 23.2 Å². The number of nitrogens with one attached hydrogen (secondary N) is 1. The van der Waals surface area contributed by atoms with Gasteiger partial charge in [-0.2, -0.15) is 0 Å². The van der Waals surface area contributed by atoms with Crippen molar-refractivity contribution in [2.75, 3.05) is 0 Å². The number of likely N-dealkylation sites (tertiary alicyclic amines) is 1. The molecule has 1 amide bonds. The van der Waals surface area contributed by atoms with Gasteiger partial charge in [0.15, 0.2) is 0 Å². The Bertz CT molecular complexity index is 1310. The molecule has 2 aromatic carbocycles. The summed E-state index contributed by atoms with van der Waals surface area (Å²) in [6.07, 6.45) is 7.18. The van der Waals surface area contributed by atoms with E-state index in [1.54, 1.807) is 0 Å². The Kier molecular flexibility index (Phi) is 5.75. The van der Waals surface area contributed by atoms with Crippen LogP contribution in [0.3, 0.4) is 0 Å². The van der Waals surface area contributed by atoms with E-state index in [-0.39, 0.29) is 18.2 Å². The molecule has 2 fully saturated rings. The summed E-state index contributed by atoms with van der Waals surface area (Å²) in [5, 5.41) is 0.716. The molecule has 1 saturated heterocycles. The van der Waals surface area contributed by atoms with E-state index in [1.807, 2.05) is 50.1 Å². The van der Waals surface area contributed by atoms with Crippen LogP contribution < -0.4 is 4.74 Å². The highest BCUT2D eigenvalue weighted by atomic mass is 35.5. The summed E-state index contributed by atoms with van der Waals surface area (Å²) >= 11 is 6.17. The summed E-state index contributed by atoms with van der Waals surface area (Å²) in [5.74, 6) is 2.16. The van der Waals surface area contributed by atoms with E-state index in [9.17, 15) is 4.79 Å². The van der Waals surface area contributed by atoms with Crippen molar-refractivity contribution >= 4 is 17.7 Å². The fourth-order valence-corrected chi connectivity index (χ4v) is 6.25. The number of hydrogen-bond acceptors (Lipinski definition) is 4. The zero-order chi connectivity index (χ0) is 25.0. The third-order valence-corrected chi connectivity index (χ3v) is 7.86. The quantitative estimate of drug-likeness (QED) is 0.391. The number of aromatic amines is 1. The molecule has 3 atom stereocenters. The lowest BCUT2D eigenvalue weighted by Gasteiger charge is -2.34. The van der Waals surface area contributed by atoms with E-state index in [1.165, 1.54) is 6.42 Å². The zero-order valence-electron chi connectivity index (χ0n) is 21.0. The number of fused-ring (bicyclic) bond motifs is 4. The monoisotopic (exact) mass is 505 g/mol. The Morgan fingerprint density at radius 3 is 2.78 bits per heavy atom. The SMILES string of the molecule is CC(C)(C)OC(=O)N1[C@H](c2nc(-c3ccc4c(c3)OCc3cc(Cl)ccc3-4)c[nH]2)C[C@@H]2CCCC[C@@H]21. The molecule has 1 N–H and O–H groups in total. The minimum Gasteiger partial charge on any atom is -0.488 e. The van der Waals surface area contributed by atoms with Gasteiger partial charge in [-0.3, -0.25) is 4.90 Å². The number of halogens is 1. The molecule has 2 aliphatic heterocycles. The van der Waals surface area contributed by atoms with Gasteiger partial charge < -0.3 is 14.5 Å². The first-order valence-electron chi connectivity index (χ1n) is 12.9. The van der Waals surface area contributed by atoms with Crippen LogP contribution in [0.4, 0.5) is 4.79 Å². The van der Waals surface area contributed by atoms with Crippen molar-refractivity contribution in [3.8, 4) is 28.1 Å². The minimum absolute atomic E-state index is 0.104. The fourth-order valence-electron chi connectivity index (χ4n) is 6.06. The van der Waals surface area contributed by atoms with E-state index >= 15 is 0 Å². The molecular weight excluding hydrogens is 474 g/mol. The number of ether oxygens (including phenoxy) is 2. The Morgan fingerprint density at radius 2 is 1.94 bits per heavy atom. The van der Waals surface area contributed by atoms with Gasteiger partial charge >= 0.3 is 6.09 Å². The number of nitrogens with zero attached hydrogens (tertiary/aromatic N) is 2. The lowest BCUT2D eigenvalue weighted by molar-refractivity contribution is 0.00951. The number of carbonyl (C=O) groups is 1. The summed E-state index contributed by atoms with van der Waals surface area (Å²) in [6.45, 7) is 6.26. The van der Waals surface area contributed by atoms with Gasteiger partial charge in [-0.15, -0.1) is 0 Å². The van der Waals surface area contributed by atoms with Gasteiger partial charge in [0, 0.05) is 28.4 Å². The summed E-state index contributed by atoms with van der Waals surface area (Å²) in [5.41, 5.74) is 4.59. The topological polar surface area (TPSA) is 67.4 Å². The van der Waals surface area contributed by atoms with Gasteiger partial charge in [-0.05, 0) is 81.3 Å². The molecule has 188 valence electrons. The van der Waals surface area contributed by atoms with Gasteiger partial charge in [0.2, 0.25) is 0 Å². The molecule has 1 aliphatic carbocycles. The number of benzene rings is 2. The predicted octanol–water partition coefficient (Wildman–Crippen LogP) is 7.53. The molecular formula is C29H32ClN3O3. The van der Waals surface area contributed by atoms with Crippen LogP contribution >= 0.6 is 11.6 Å². The second-order valence-corrected chi connectivity index (χ2v) is 11.7. The number of rotatable bonds is 2. The Morgan fingerprint density at radius 1 is 1.14 bits per heavy atom. The summed E-state index contributed by atoms with van der Waals surface area (Å²) < 4.78 is 11.9. The maximum absolute atomic E-state index is 13.3. The van der Waals surface area contributed by atoms with Crippen LogP contribution in [0.1, 0.15) is 70.3 Å². The van der Waals surface area contributed by atoms with Crippen LogP contribution in [0.2, 0.25) is 5.02 Å². The Labute approximate surface area is 217 Å². The largest absolute Gasteiger partial charge is 0.488 e. The van der Waals surface area contributed by atoms with Crippen molar-refractivity contribution < 1.29 is 14.3 Å². The first kappa shape index (κ1) is 23.4. The van der Waals surface area contributed by atoms with Crippen LogP contribution in [0.5, 0.6) is 5.75 Å². The number of imidazole rings is 1. The van der Waals surface area contributed by atoms with E-state index in [0.717, 1.165) is 65.2 Å². The first-order valence-corrected chi connectivity index (χ1v) is 13.3. The number of amides is 1. The van der Waals surface area contributed by atoms with Gasteiger partial charge in [-0.25, -0.2) is 9.78 Å². The molecule has 3 aliphatic rings. The lowest BCUT2D eigenvalue weighted by Crippen LogP contribution is -2.43. The van der Waals surface area contributed by atoms with Crippen LogP contribution in [0.15, 0.2) is 42.6 Å². The molecule has 0 spiro atoms. The third kappa shape index (κ3) is 4.26.